The highest BCUT2D eigenvalue weighted by Crippen LogP contribution is 2.39. The van der Waals surface area contributed by atoms with E-state index in [9.17, 15) is 41.0 Å². The molecule has 0 aromatic heterocycles. The summed E-state index contributed by atoms with van der Waals surface area (Å²) in [4.78, 5) is 23.7. The molecule has 0 amide bonds. The standard InChI is InChI=1S/C15H8F6O3/c16-14(17,18)10(15(19,20)21)6-5-9-11(22)7-3-1-2-4-8(7)12(23)13(9)24/h1-4,6,22H,5H2. The number of fused-ring (bicyclic) bond motifs is 1. The van der Waals surface area contributed by atoms with E-state index < -0.39 is 47.2 Å². The summed E-state index contributed by atoms with van der Waals surface area (Å²) >= 11 is 0. The number of ketones is 2. The Morgan fingerprint density at radius 2 is 1.42 bits per heavy atom. The van der Waals surface area contributed by atoms with E-state index in [0.717, 1.165) is 0 Å². The molecule has 0 atom stereocenters. The van der Waals surface area contributed by atoms with Crippen molar-refractivity contribution in [2.45, 2.75) is 18.8 Å². The van der Waals surface area contributed by atoms with Crippen molar-refractivity contribution in [2.24, 2.45) is 0 Å². The number of rotatable bonds is 2. The van der Waals surface area contributed by atoms with Crippen molar-refractivity contribution in [2.75, 3.05) is 0 Å². The fourth-order valence-electron chi connectivity index (χ4n) is 2.20. The molecule has 24 heavy (non-hydrogen) atoms. The van der Waals surface area contributed by atoms with E-state index in [1.54, 1.807) is 0 Å². The van der Waals surface area contributed by atoms with Crippen molar-refractivity contribution in [3.63, 3.8) is 0 Å². The summed E-state index contributed by atoms with van der Waals surface area (Å²) < 4.78 is 74.8. The van der Waals surface area contributed by atoms with Gasteiger partial charge in [-0.25, -0.2) is 0 Å². The van der Waals surface area contributed by atoms with E-state index in [1.807, 2.05) is 0 Å². The Hall–Kier alpha value is -2.58. The minimum Gasteiger partial charge on any atom is -0.507 e. The van der Waals surface area contributed by atoms with Crippen molar-refractivity contribution in [1.82, 2.24) is 0 Å². The highest BCUT2D eigenvalue weighted by atomic mass is 19.4. The number of allylic oxidation sites excluding steroid dienone is 3. The van der Waals surface area contributed by atoms with E-state index >= 15 is 0 Å². The fraction of sp³-hybridized carbons (Fsp3) is 0.200. The lowest BCUT2D eigenvalue weighted by molar-refractivity contribution is -0.172. The quantitative estimate of drug-likeness (QED) is 0.495. The molecule has 1 aliphatic carbocycles. The molecule has 3 nitrogen and oxygen atoms in total. The molecule has 1 N–H and O–H groups in total. The number of alkyl halides is 6. The van der Waals surface area contributed by atoms with Gasteiger partial charge in [-0.2, -0.15) is 26.3 Å². The Balaban J connectivity index is 2.51. The smallest absolute Gasteiger partial charge is 0.421 e. The van der Waals surface area contributed by atoms with Crippen LogP contribution in [0.5, 0.6) is 0 Å². The summed E-state index contributed by atoms with van der Waals surface area (Å²) in [6.07, 6.45) is -12.8. The maximum Gasteiger partial charge on any atom is 0.421 e. The van der Waals surface area contributed by atoms with Gasteiger partial charge in [0.05, 0.1) is 0 Å². The summed E-state index contributed by atoms with van der Waals surface area (Å²) in [6.45, 7) is 0. The van der Waals surface area contributed by atoms with Gasteiger partial charge in [-0.1, -0.05) is 30.3 Å². The Morgan fingerprint density at radius 3 is 1.92 bits per heavy atom. The molecule has 0 heterocycles. The van der Waals surface area contributed by atoms with E-state index in [2.05, 4.69) is 0 Å². The molecule has 0 saturated carbocycles. The topological polar surface area (TPSA) is 54.4 Å². The van der Waals surface area contributed by atoms with Gasteiger partial charge in [0.25, 0.3) is 0 Å². The highest BCUT2D eigenvalue weighted by Gasteiger charge is 2.50. The predicted molar refractivity (Wildman–Crippen MR) is 70.1 cm³/mol. The SMILES string of the molecule is O=C1C(=O)c2ccccc2C(O)=C1CC=C(C(F)(F)F)C(F)(F)F. The zero-order valence-corrected chi connectivity index (χ0v) is 11.6. The summed E-state index contributed by atoms with van der Waals surface area (Å²) in [5.41, 5.74) is -3.91. The van der Waals surface area contributed by atoms with Crippen LogP contribution in [-0.4, -0.2) is 29.0 Å². The largest absolute Gasteiger partial charge is 0.507 e. The Labute approximate surface area is 130 Å². The van der Waals surface area contributed by atoms with Crippen LogP contribution in [0.4, 0.5) is 26.3 Å². The molecule has 128 valence electrons. The molecule has 9 heteroatoms. The van der Waals surface area contributed by atoms with Gasteiger partial charge < -0.3 is 5.11 Å². The van der Waals surface area contributed by atoms with E-state index in [1.165, 1.54) is 24.3 Å². The van der Waals surface area contributed by atoms with Crippen LogP contribution in [0.2, 0.25) is 0 Å². The first kappa shape index (κ1) is 17.8. The summed E-state index contributed by atoms with van der Waals surface area (Å²) in [5.74, 6) is -3.26. The molecule has 1 aliphatic rings. The number of hydrogen-bond acceptors (Lipinski definition) is 3. The molecule has 0 saturated heterocycles. The maximum atomic E-state index is 12.5. The lowest BCUT2D eigenvalue weighted by Gasteiger charge is -2.18. The van der Waals surface area contributed by atoms with Gasteiger partial charge in [-0.3, -0.25) is 9.59 Å². The minimum absolute atomic E-state index is 0.119. The van der Waals surface area contributed by atoms with Crippen LogP contribution < -0.4 is 0 Å². The van der Waals surface area contributed by atoms with Crippen LogP contribution in [0.3, 0.4) is 0 Å². The maximum absolute atomic E-state index is 12.5. The zero-order chi connectivity index (χ0) is 18.3. The molecule has 0 fully saturated rings. The third kappa shape index (κ3) is 3.19. The van der Waals surface area contributed by atoms with Gasteiger partial charge in [0.1, 0.15) is 11.3 Å². The third-order valence-corrected chi connectivity index (χ3v) is 3.31. The second-order valence-corrected chi connectivity index (χ2v) is 4.85. The lowest BCUT2D eigenvalue weighted by atomic mass is 9.87. The molecule has 0 unspecified atom stereocenters. The summed E-state index contributed by atoms with van der Waals surface area (Å²) in [5, 5.41) is 9.94. The van der Waals surface area contributed by atoms with Crippen LogP contribution in [-0.2, 0) is 4.79 Å². The first-order valence-corrected chi connectivity index (χ1v) is 6.39. The molecular weight excluding hydrogens is 342 g/mol. The Morgan fingerprint density at radius 1 is 0.917 bits per heavy atom. The van der Waals surface area contributed by atoms with Crippen LogP contribution >= 0.6 is 0 Å². The summed E-state index contributed by atoms with van der Waals surface area (Å²) in [6, 6.07) is 5.23. The molecular formula is C15H8F6O3. The van der Waals surface area contributed by atoms with Gasteiger partial charge in [0, 0.05) is 16.7 Å². The number of halogens is 6. The van der Waals surface area contributed by atoms with E-state index in [-0.39, 0.29) is 17.2 Å². The predicted octanol–water partition coefficient (Wildman–Crippen LogP) is 4.16. The van der Waals surface area contributed by atoms with E-state index in [4.69, 9.17) is 0 Å². The first-order valence-electron chi connectivity index (χ1n) is 6.39. The monoisotopic (exact) mass is 350 g/mol. The van der Waals surface area contributed by atoms with Gasteiger partial charge in [-0.15, -0.1) is 0 Å². The zero-order valence-electron chi connectivity index (χ0n) is 11.6. The summed E-state index contributed by atoms with van der Waals surface area (Å²) in [7, 11) is 0. The molecule has 1 aromatic carbocycles. The minimum atomic E-state index is -5.69. The number of aliphatic hydroxyl groups excluding tert-OH is 1. The third-order valence-electron chi connectivity index (χ3n) is 3.31. The highest BCUT2D eigenvalue weighted by molar-refractivity contribution is 6.52. The molecule has 2 rings (SSSR count). The molecule has 0 aliphatic heterocycles. The van der Waals surface area contributed by atoms with Gasteiger partial charge in [0.2, 0.25) is 11.6 Å². The molecule has 1 aromatic rings. The number of hydrogen-bond donors (Lipinski definition) is 1. The van der Waals surface area contributed by atoms with Gasteiger partial charge in [-0.05, 0) is 6.42 Å². The average molecular weight is 350 g/mol. The number of carbonyl (C=O) groups is 2. The average Bonchev–Trinajstić information content (AvgIpc) is 2.46. The molecule has 0 radical (unpaired) electrons. The van der Waals surface area contributed by atoms with E-state index in [0.29, 0.717) is 0 Å². The van der Waals surface area contributed by atoms with Crippen LogP contribution in [0.1, 0.15) is 22.3 Å². The van der Waals surface area contributed by atoms with Gasteiger partial charge >= 0.3 is 12.4 Å². The van der Waals surface area contributed by atoms with Gasteiger partial charge in [0.15, 0.2) is 0 Å². The number of benzene rings is 1. The lowest BCUT2D eigenvalue weighted by Crippen LogP contribution is -2.27. The van der Waals surface area contributed by atoms with Crippen molar-refractivity contribution in [3.8, 4) is 0 Å². The van der Waals surface area contributed by atoms with Crippen molar-refractivity contribution in [1.29, 1.82) is 0 Å². The molecule has 0 bridgehead atoms. The van der Waals surface area contributed by atoms with Crippen molar-refractivity contribution >= 4 is 17.3 Å². The second-order valence-electron chi connectivity index (χ2n) is 4.85. The van der Waals surface area contributed by atoms with Crippen LogP contribution in [0.25, 0.3) is 5.76 Å². The van der Waals surface area contributed by atoms with Crippen molar-refractivity contribution < 1.29 is 41.0 Å². The van der Waals surface area contributed by atoms with Crippen LogP contribution in [0.15, 0.2) is 41.5 Å². The number of aliphatic hydroxyl groups is 1. The normalized spacial score (nSPS) is 15.4. The number of Topliss-reactive ketones (excluding diaryl/α,β-unsaturated/α-hetero) is 2. The molecule has 0 spiro atoms. The first-order chi connectivity index (χ1) is 10.9. The second kappa shape index (κ2) is 5.81. The van der Waals surface area contributed by atoms with Crippen molar-refractivity contribution in [3.05, 3.63) is 52.6 Å². The van der Waals surface area contributed by atoms with Crippen LogP contribution in [0, 0.1) is 0 Å². The Bertz CT molecular complexity index is 752. The fourth-order valence-corrected chi connectivity index (χ4v) is 2.20. The number of carbonyl (C=O) groups excluding carboxylic acids is 2. The Kier molecular flexibility index (Phi) is 4.30.